The summed E-state index contributed by atoms with van der Waals surface area (Å²) in [6.45, 7) is -0.263. The lowest BCUT2D eigenvalue weighted by Gasteiger charge is -2.24. The quantitative estimate of drug-likeness (QED) is 0.300. The maximum atomic E-state index is 13.6. The van der Waals surface area contributed by atoms with Crippen LogP contribution in [0, 0.1) is 5.92 Å². The van der Waals surface area contributed by atoms with Crippen molar-refractivity contribution in [3.8, 4) is 28.3 Å². The lowest BCUT2D eigenvalue weighted by atomic mass is 9.95. The number of carboxylic acids is 1. The average Bonchev–Trinajstić information content (AvgIpc) is 3.41. The predicted molar refractivity (Wildman–Crippen MR) is 143 cm³/mol. The molecule has 2 aromatic heterocycles. The lowest BCUT2D eigenvalue weighted by molar-refractivity contribution is -0.140. The summed E-state index contributed by atoms with van der Waals surface area (Å²) in [4.78, 5) is 35.6. The molecule has 0 radical (unpaired) electrons. The van der Waals surface area contributed by atoms with Crippen molar-refractivity contribution < 1.29 is 24.5 Å². The highest BCUT2D eigenvalue weighted by molar-refractivity contribution is 7.14. The van der Waals surface area contributed by atoms with Gasteiger partial charge in [-0.1, -0.05) is 54.6 Å². The number of hydrogen-bond acceptors (Lipinski definition) is 7. The first-order chi connectivity index (χ1) is 18.0. The number of rotatable bonds is 11. The molecule has 9 heteroatoms. The van der Waals surface area contributed by atoms with E-state index in [1.165, 1.54) is 16.2 Å². The minimum atomic E-state index is -1.06. The average molecular weight is 518 g/mol. The van der Waals surface area contributed by atoms with Gasteiger partial charge in [-0.2, -0.15) is 0 Å². The number of aliphatic carboxylic acids is 1. The summed E-state index contributed by atoms with van der Waals surface area (Å²) < 4.78 is 5.16. The molecule has 1 atom stereocenters. The van der Waals surface area contributed by atoms with Crippen LogP contribution in [0.2, 0.25) is 0 Å². The van der Waals surface area contributed by atoms with Crippen molar-refractivity contribution in [2.75, 3.05) is 25.2 Å². The molecule has 2 aromatic carbocycles. The van der Waals surface area contributed by atoms with Crippen LogP contribution in [0.4, 0.5) is 5.13 Å². The number of methoxy groups -OCH3 is 1. The largest absolute Gasteiger partial charge is 0.481 e. The number of pyridine rings is 1. The molecule has 2 N–H and O–H groups in total. The summed E-state index contributed by atoms with van der Waals surface area (Å²) in [6.07, 6.45) is 1.69. The Morgan fingerprint density at radius 1 is 1.03 bits per heavy atom. The number of amides is 1. The van der Waals surface area contributed by atoms with Crippen molar-refractivity contribution in [1.29, 1.82) is 0 Å². The maximum Gasteiger partial charge on any atom is 0.304 e. The van der Waals surface area contributed by atoms with Gasteiger partial charge in [0.05, 0.1) is 38.3 Å². The number of nitrogens with zero attached hydrogens (tertiary/aromatic N) is 3. The molecular formula is C28H27N3O5S. The maximum absolute atomic E-state index is 13.6. The normalized spacial score (nSPS) is 11.6. The van der Waals surface area contributed by atoms with Gasteiger partial charge in [0, 0.05) is 28.8 Å². The summed E-state index contributed by atoms with van der Waals surface area (Å²) in [5.41, 5.74) is 4.20. The van der Waals surface area contributed by atoms with E-state index in [1.807, 2.05) is 66.0 Å². The fourth-order valence-electron chi connectivity index (χ4n) is 4.11. The fourth-order valence-corrected chi connectivity index (χ4v) is 4.96. The van der Waals surface area contributed by atoms with E-state index in [2.05, 4.69) is 4.98 Å². The number of aliphatic hydroxyl groups is 1. The molecule has 0 spiro atoms. The summed E-state index contributed by atoms with van der Waals surface area (Å²) in [5, 5.41) is 21.4. The van der Waals surface area contributed by atoms with Crippen LogP contribution >= 0.6 is 11.3 Å². The SMILES string of the molecule is COc1ccc(-c2ccccc2-c2csc(N(CCO)C(=O)C(CC(=O)O)Cc3ccccc3)n2)cn1. The molecule has 8 nitrogen and oxygen atoms in total. The number of ether oxygens (including phenoxy) is 1. The van der Waals surface area contributed by atoms with Crippen LogP contribution < -0.4 is 9.64 Å². The van der Waals surface area contributed by atoms with Crippen molar-refractivity contribution in [3.63, 3.8) is 0 Å². The Morgan fingerprint density at radius 2 is 1.76 bits per heavy atom. The van der Waals surface area contributed by atoms with Gasteiger partial charge in [-0.05, 0) is 23.6 Å². The van der Waals surface area contributed by atoms with Crippen LogP contribution in [0.3, 0.4) is 0 Å². The number of anilines is 1. The number of aromatic nitrogens is 2. The first-order valence-electron chi connectivity index (χ1n) is 11.7. The van der Waals surface area contributed by atoms with Crippen molar-refractivity contribution in [2.45, 2.75) is 12.8 Å². The highest BCUT2D eigenvalue weighted by Gasteiger charge is 2.29. The number of benzene rings is 2. The molecule has 1 unspecified atom stereocenters. The molecule has 190 valence electrons. The molecule has 0 aliphatic carbocycles. The molecule has 0 bridgehead atoms. The second kappa shape index (κ2) is 12.2. The van der Waals surface area contributed by atoms with E-state index in [9.17, 15) is 19.8 Å². The van der Waals surface area contributed by atoms with E-state index in [4.69, 9.17) is 9.72 Å². The van der Waals surface area contributed by atoms with Gasteiger partial charge in [-0.3, -0.25) is 14.5 Å². The molecule has 0 saturated carbocycles. The lowest BCUT2D eigenvalue weighted by Crippen LogP contribution is -2.39. The third kappa shape index (κ3) is 6.38. The van der Waals surface area contributed by atoms with Crippen molar-refractivity contribution in [1.82, 2.24) is 9.97 Å². The molecule has 4 aromatic rings. The van der Waals surface area contributed by atoms with E-state index in [1.54, 1.807) is 19.4 Å². The number of aliphatic hydroxyl groups excluding tert-OH is 1. The molecule has 1 amide bonds. The van der Waals surface area contributed by atoms with E-state index < -0.39 is 11.9 Å². The molecule has 2 heterocycles. The monoisotopic (exact) mass is 517 g/mol. The van der Waals surface area contributed by atoms with Crippen LogP contribution in [0.25, 0.3) is 22.4 Å². The van der Waals surface area contributed by atoms with Gasteiger partial charge in [-0.15, -0.1) is 11.3 Å². The van der Waals surface area contributed by atoms with Crippen LogP contribution in [-0.2, 0) is 16.0 Å². The topological polar surface area (TPSA) is 113 Å². The molecule has 37 heavy (non-hydrogen) atoms. The van der Waals surface area contributed by atoms with Crippen LogP contribution in [0.15, 0.2) is 78.3 Å². The smallest absolute Gasteiger partial charge is 0.304 e. The van der Waals surface area contributed by atoms with Crippen molar-refractivity contribution >= 4 is 28.3 Å². The minimum absolute atomic E-state index is 0.0146. The predicted octanol–water partition coefficient (Wildman–Crippen LogP) is 4.54. The highest BCUT2D eigenvalue weighted by atomic mass is 32.1. The Kier molecular flexibility index (Phi) is 8.60. The van der Waals surface area contributed by atoms with E-state index in [0.29, 0.717) is 16.7 Å². The van der Waals surface area contributed by atoms with Gasteiger partial charge >= 0.3 is 5.97 Å². The Balaban J connectivity index is 1.64. The summed E-state index contributed by atoms with van der Waals surface area (Å²) in [6, 6.07) is 20.8. The molecule has 0 aliphatic heterocycles. The highest BCUT2D eigenvalue weighted by Crippen LogP contribution is 2.35. The molecule has 4 rings (SSSR count). The van der Waals surface area contributed by atoms with E-state index in [-0.39, 0.29) is 31.9 Å². The van der Waals surface area contributed by atoms with E-state index in [0.717, 1.165) is 22.3 Å². The molecule has 0 saturated heterocycles. The van der Waals surface area contributed by atoms with Crippen LogP contribution in [0.5, 0.6) is 5.88 Å². The van der Waals surface area contributed by atoms with Crippen molar-refractivity contribution in [3.05, 3.63) is 83.9 Å². The van der Waals surface area contributed by atoms with Crippen molar-refractivity contribution in [2.24, 2.45) is 5.92 Å². The third-order valence-corrected chi connectivity index (χ3v) is 6.73. The first kappa shape index (κ1) is 26.0. The molecule has 0 fully saturated rings. The minimum Gasteiger partial charge on any atom is -0.481 e. The molecular weight excluding hydrogens is 490 g/mol. The van der Waals surface area contributed by atoms with E-state index >= 15 is 0 Å². The summed E-state index contributed by atoms with van der Waals surface area (Å²) in [7, 11) is 1.56. The van der Waals surface area contributed by atoms with Crippen LogP contribution in [-0.4, -0.2) is 52.3 Å². The number of hydrogen-bond donors (Lipinski definition) is 2. The van der Waals surface area contributed by atoms with Gasteiger partial charge < -0.3 is 14.9 Å². The standard InChI is InChI=1S/C28H27N3O5S/c1-36-25-12-11-20(17-29-25)22-9-5-6-10-23(22)24-18-37-28(30-24)31(13-14-32)27(35)21(16-26(33)34)15-19-7-3-2-4-8-19/h2-12,17-18,21,32H,13-16H2,1H3,(H,33,34). The van der Waals surface area contributed by atoms with Gasteiger partial charge in [0.1, 0.15) is 0 Å². The van der Waals surface area contributed by atoms with Crippen LogP contribution in [0.1, 0.15) is 12.0 Å². The van der Waals surface area contributed by atoms with Gasteiger partial charge in [0.25, 0.3) is 0 Å². The molecule has 0 aliphatic rings. The number of carbonyl (C=O) groups is 2. The Bertz CT molecular complexity index is 1340. The van der Waals surface area contributed by atoms with Gasteiger partial charge in [0.2, 0.25) is 11.8 Å². The second-order valence-electron chi connectivity index (χ2n) is 8.35. The zero-order chi connectivity index (χ0) is 26.2. The number of carboxylic acid groups (broad SMARTS) is 1. The number of thiazole rings is 1. The summed E-state index contributed by atoms with van der Waals surface area (Å²) >= 11 is 1.27. The second-order valence-corrected chi connectivity index (χ2v) is 9.18. The fraction of sp³-hybridized carbons (Fsp3) is 0.214. The zero-order valence-corrected chi connectivity index (χ0v) is 21.1. The van der Waals surface area contributed by atoms with Gasteiger partial charge in [-0.25, -0.2) is 9.97 Å². The zero-order valence-electron chi connectivity index (χ0n) is 20.3. The third-order valence-electron chi connectivity index (χ3n) is 5.87. The first-order valence-corrected chi connectivity index (χ1v) is 12.6. The van der Waals surface area contributed by atoms with Gasteiger partial charge in [0.15, 0.2) is 5.13 Å². The summed E-state index contributed by atoms with van der Waals surface area (Å²) in [5.74, 6) is -1.72. The Hall–Kier alpha value is -4.08. The number of carbonyl (C=O) groups excluding carboxylic acids is 1. The Labute approximate surface area is 218 Å². The Morgan fingerprint density at radius 3 is 2.41 bits per heavy atom.